The van der Waals surface area contributed by atoms with Gasteiger partial charge in [-0.15, -0.1) is 0 Å². The van der Waals surface area contributed by atoms with Crippen LogP contribution in [0.4, 0.5) is 4.39 Å². The summed E-state index contributed by atoms with van der Waals surface area (Å²) in [7, 11) is 0. The van der Waals surface area contributed by atoms with Crippen molar-refractivity contribution >= 4 is 34.3 Å². The maximum Gasteiger partial charge on any atom is 0.242 e. The first-order chi connectivity index (χ1) is 14.0. The van der Waals surface area contributed by atoms with Crippen LogP contribution in [0.15, 0.2) is 48.7 Å². The molecule has 2 N–H and O–H groups in total. The predicted octanol–water partition coefficient (Wildman–Crippen LogP) is 3.43. The molecule has 0 aliphatic carbocycles. The summed E-state index contributed by atoms with van der Waals surface area (Å²) in [5, 5.41) is 10.6. The van der Waals surface area contributed by atoms with Crippen molar-refractivity contribution in [3.63, 3.8) is 0 Å². The first kappa shape index (κ1) is 20.8. The van der Waals surface area contributed by atoms with Gasteiger partial charge >= 0.3 is 0 Å². The Kier molecular flexibility index (Phi) is 6.82. The van der Waals surface area contributed by atoms with Crippen LogP contribution in [0.2, 0.25) is 5.02 Å². The van der Waals surface area contributed by atoms with E-state index in [9.17, 15) is 14.0 Å². The van der Waals surface area contributed by atoms with Gasteiger partial charge in [0.15, 0.2) is 0 Å². The normalized spacial score (nSPS) is 12.0. The van der Waals surface area contributed by atoms with Crippen LogP contribution < -0.4 is 10.6 Å². The lowest BCUT2D eigenvalue weighted by Gasteiger charge is -2.18. The van der Waals surface area contributed by atoms with E-state index in [-0.39, 0.29) is 35.5 Å². The number of nitrogens with one attached hydrogen (secondary N) is 2. The Balaban J connectivity index is 1.61. The zero-order chi connectivity index (χ0) is 20.8. The van der Waals surface area contributed by atoms with E-state index in [1.807, 2.05) is 31.2 Å². The largest absolute Gasteiger partial charge is 0.350 e. The zero-order valence-corrected chi connectivity index (χ0v) is 16.7. The van der Waals surface area contributed by atoms with Gasteiger partial charge in [0.05, 0.1) is 16.7 Å². The number of amides is 2. The molecule has 0 aliphatic heterocycles. The van der Waals surface area contributed by atoms with Crippen molar-refractivity contribution in [2.24, 2.45) is 0 Å². The molecule has 0 aliphatic rings. The van der Waals surface area contributed by atoms with Crippen molar-refractivity contribution in [2.45, 2.75) is 38.9 Å². The van der Waals surface area contributed by atoms with Gasteiger partial charge in [0.2, 0.25) is 11.8 Å². The summed E-state index contributed by atoms with van der Waals surface area (Å²) < 4.78 is 15.6. The van der Waals surface area contributed by atoms with Gasteiger partial charge in [-0.1, -0.05) is 55.3 Å². The number of carbonyl (C=O) groups excluding carboxylic acids is 2. The smallest absolute Gasteiger partial charge is 0.242 e. The van der Waals surface area contributed by atoms with Crippen molar-refractivity contribution in [1.82, 2.24) is 20.4 Å². The second-order valence-corrected chi connectivity index (χ2v) is 7.11. The third-order valence-corrected chi connectivity index (χ3v) is 4.85. The first-order valence-corrected chi connectivity index (χ1v) is 9.78. The Morgan fingerprint density at radius 1 is 1.21 bits per heavy atom. The Morgan fingerprint density at radius 3 is 2.79 bits per heavy atom. The SMILES string of the molecule is CCC[C@H](NC(=O)Cn1ncc2ccccc21)C(=O)NCc1cccc(Cl)c1F. The van der Waals surface area contributed by atoms with Crippen LogP contribution in [0.1, 0.15) is 25.3 Å². The summed E-state index contributed by atoms with van der Waals surface area (Å²) in [5.41, 5.74) is 1.13. The van der Waals surface area contributed by atoms with E-state index < -0.39 is 11.9 Å². The van der Waals surface area contributed by atoms with Gasteiger partial charge in [-0.2, -0.15) is 5.10 Å². The molecule has 0 spiro atoms. The van der Waals surface area contributed by atoms with E-state index in [2.05, 4.69) is 15.7 Å². The van der Waals surface area contributed by atoms with Crippen molar-refractivity contribution in [3.05, 3.63) is 65.1 Å². The highest BCUT2D eigenvalue weighted by atomic mass is 35.5. The standard InChI is InChI=1S/C21H22ClFN4O2/c1-2-6-17(21(29)24-11-15-8-5-9-16(22)20(15)23)26-19(28)13-27-18-10-4-3-7-14(18)12-25-27/h3-5,7-10,12,17H,2,6,11,13H2,1H3,(H,24,29)(H,26,28)/t17-/m0/s1. The maximum atomic E-state index is 14.0. The molecule has 29 heavy (non-hydrogen) atoms. The number of carbonyl (C=O) groups is 2. The van der Waals surface area contributed by atoms with Crippen molar-refractivity contribution in [2.75, 3.05) is 0 Å². The fourth-order valence-electron chi connectivity index (χ4n) is 3.08. The Labute approximate surface area is 173 Å². The van der Waals surface area contributed by atoms with Gasteiger partial charge in [0.25, 0.3) is 0 Å². The van der Waals surface area contributed by atoms with Crippen LogP contribution in [0.5, 0.6) is 0 Å². The third-order valence-electron chi connectivity index (χ3n) is 4.56. The molecule has 0 bridgehead atoms. The van der Waals surface area contributed by atoms with Crippen LogP contribution in [-0.4, -0.2) is 27.6 Å². The van der Waals surface area contributed by atoms with Gasteiger partial charge in [-0.05, 0) is 18.6 Å². The van der Waals surface area contributed by atoms with Crippen LogP contribution in [0.25, 0.3) is 10.9 Å². The molecule has 3 aromatic rings. The summed E-state index contributed by atoms with van der Waals surface area (Å²) in [5.74, 6) is -1.25. The van der Waals surface area contributed by atoms with Crippen LogP contribution >= 0.6 is 11.6 Å². The number of hydrogen-bond donors (Lipinski definition) is 2. The fraction of sp³-hybridized carbons (Fsp3) is 0.286. The highest BCUT2D eigenvalue weighted by Gasteiger charge is 2.21. The molecule has 2 aromatic carbocycles. The lowest BCUT2D eigenvalue weighted by Crippen LogP contribution is -2.47. The molecular formula is C21H22ClFN4O2. The third kappa shape index (κ3) is 5.12. The highest BCUT2D eigenvalue weighted by Crippen LogP contribution is 2.17. The highest BCUT2D eigenvalue weighted by molar-refractivity contribution is 6.30. The number of nitrogens with zero attached hydrogens (tertiary/aromatic N) is 2. The van der Waals surface area contributed by atoms with Gasteiger partial charge < -0.3 is 10.6 Å². The molecule has 1 heterocycles. The molecule has 1 atom stereocenters. The number of fused-ring (bicyclic) bond motifs is 1. The second kappa shape index (κ2) is 9.52. The fourth-order valence-corrected chi connectivity index (χ4v) is 3.27. The number of para-hydroxylation sites is 1. The summed E-state index contributed by atoms with van der Waals surface area (Å²) in [6.07, 6.45) is 2.86. The molecule has 0 saturated carbocycles. The van der Waals surface area contributed by atoms with E-state index in [0.717, 1.165) is 10.9 Å². The summed E-state index contributed by atoms with van der Waals surface area (Å²) in [6, 6.07) is 11.5. The summed E-state index contributed by atoms with van der Waals surface area (Å²) >= 11 is 5.77. The number of benzene rings is 2. The first-order valence-electron chi connectivity index (χ1n) is 9.40. The van der Waals surface area contributed by atoms with E-state index in [1.54, 1.807) is 23.0 Å². The van der Waals surface area contributed by atoms with Crippen LogP contribution in [-0.2, 0) is 22.7 Å². The van der Waals surface area contributed by atoms with E-state index in [1.165, 1.54) is 6.07 Å². The average Bonchev–Trinajstić information content (AvgIpc) is 3.11. The summed E-state index contributed by atoms with van der Waals surface area (Å²) in [4.78, 5) is 25.0. The van der Waals surface area contributed by atoms with Crippen molar-refractivity contribution in [1.29, 1.82) is 0 Å². The maximum absolute atomic E-state index is 14.0. The molecular weight excluding hydrogens is 395 g/mol. The zero-order valence-electron chi connectivity index (χ0n) is 16.0. The Bertz CT molecular complexity index is 1020. The van der Waals surface area contributed by atoms with E-state index in [0.29, 0.717) is 12.8 Å². The number of aromatic nitrogens is 2. The number of hydrogen-bond acceptors (Lipinski definition) is 3. The monoisotopic (exact) mass is 416 g/mol. The summed E-state index contributed by atoms with van der Waals surface area (Å²) in [6.45, 7) is 1.92. The Hall–Kier alpha value is -2.93. The lowest BCUT2D eigenvalue weighted by molar-refractivity contribution is -0.129. The van der Waals surface area contributed by atoms with E-state index in [4.69, 9.17) is 11.6 Å². The molecule has 0 saturated heterocycles. The van der Waals surface area contributed by atoms with Gasteiger partial charge in [0, 0.05) is 17.5 Å². The van der Waals surface area contributed by atoms with E-state index >= 15 is 0 Å². The van der Waals surface area contributed by atoms with Gasteiger partial charge in [-0.25, -0.2) is 4.39 Å². The molecule has 0 fully saturated rings. The molecule has 8 heteroatoms. The second-order valence-electron chi connectivity index (χ2n) is 6.70. The van der Waals surface area contributed by atoms with Crippen molar-refractivity contribution in [3.8, 4) is 0 Å². The number of rotatable bonds is 8. The quantitative estimate of drug-likeness (QED) is 0.590. The lowest BCUT2D eigenvalue weighted by atomic mass is 10.1. The predicted molar refractivity (Wildman–Crippen MR) is 110 cm³/mol. The molecule has 1 aromatic heterocycles. The molecule has 3 rings (SSSR count). The average molecular weight is 417 g/mol. The molecule has 0 unspecified atom stereocenters. The molecule has 6 nitrogen and oxygen atoms in total. The van der Waals surface area contributed by atoms with Crippen molar-refractivity contribution < 1.29 is 14.0 Å². The number of halogens is 2. The van der Waals surface area contributed by atoms with Gasteiger partial charge in [0.1, 0.15) is 18.4 Å². The molecule has 0 radical (unpaired) electrons. The van der Waals surface area contributed by atoms with Gasteiger partial charge in [-0.3, -0.25) is 14.3 Å². The topological polar surface area (TPSA) is 76.0 Å². The Morgan fingerprint density at radius 2 is 2.00 bits per heavy atom. The molecule has 2 amide bonds. The molecule has 152 valence electrons. The van der Waals surface area contributed by atoms with Crippen LogP contribution in [0.3, 0.4) is 0 Å². The minimum Gasteiger partial charge on any atom is -0.350 e. The minimum atomic E-state index is -0.712. The van der Waals surface area contributed by atoms with Crippen LogP contribution in [0, 0.1) is 5.82 Å². The minimum absolute atomic E-state index is 0.00149.